The van der Waals surface area contributed by atoms with Gasteiger partial charge in [-0.1, -0.05) is 103 Å². The van der Waals surface area contributed by atoms with Crippen molar-refractivity contribution in [3.8, 4) is 0 Å². The van der Waals surface area contributed by atoms with E-state index in [0.29, 0.717) is 6.42 Å². The third-order valence-electron chi connectivity index (χ3n) is 4.77. The van der Waals surface area contributed by atoms with Gasteiger partial charge in [0, 0.05) is 10.8 Å². The molecule has 0 aliphatic rings. The summed E-state index contributed by atoms with van der Waals surface area (Å²) in [5, 5.41) is 4.49. The Labute approximate surface area is 159 Å². The van der Waals surface area contributed by atoms with Crippen molar-refractivity contribution < 1.29 is 4.79 Å². The minimum absolute atomic E-state index is 0.219. The normalized spacial score (nSPS) is 12.2. The summed E-state index contributed by atoms with van der Waals surface area (Å²) < 4.78 is 0. The van der Waals surface area contributed by atoms with Crippen LogP contribution in [0, 0.1) is 0 Å². The van der Waals surface area contributed by atoms with Crippen molar-refractivity contribution in [2.24, 2.45) is 0 Å². The van der Waals surface area contributed by atoms with Crippen molar-refractivity contribution in [1.29, 1.82) is 0 Å². The summed E-state index contributed by atoms with van der Waals surface area (Å²) in [6.45, 7) is 0. The fourth-order valence-corrected chi connectivity index (χ4v) is 3.76. The SMILES string of the molecule is O=CNC(C=S)CC(c1ccccc1)(c1ccccc1)c1ccccc1. The molecule has 1 amide bonds. The Hall–Kier alpha value is -2.78. The zero-order chi connectivity index (χ0) is 18.2. The highest BCUT2D eigenvalue weighted by Crippen LogP contribution is 2.42. The first kappa shape index (κ1) is 18.0. The first-order chi connectivity index (χ1) is 12.8. The highest BCUT2D eigenvalue weighted by molar-refractivity contribution is 7.79. The second kappa shape index (κ2) is 8.54. The Morgan fingerprint density at radius 1 is 0.769 bits per heavy atom. The second-order valence-electron chi connectivity index (χ2n) is 6.23. The summed E-state index contributed by atoms with van der Waals surface area (Å²) in [5.74, 6) is 0. The lowest BCUT2D eigenvalue weighted by atomic mass is 9.66. The number of nitrogens with one attached hydrogen (secondary N) is 1. The predicted octanol–water partition coefficient (Wildman–Crippen LogP) is 4.53. The smallest absolute Gasteiger partial charge is 0.207 e. The Morgan fingerprint density at radius 2 is 1.15 bits per heavy atom. The second-order valence-corrected chi connectivity index (χ2v) is 6.51. The van der Waals surface area contributed by atoms with Gasteiger partial charge in [-0.25, -0.2) is 0 Å². The van der Waals surface area contributed by atoms with E-state index in [1.807, 2.05) is 18.2 Å². The Morgan fingerprint density at radius 3 is 1.46 bits per heavy atom. The van der Waals surface area contributed by atoms with Crippen LogP contribution in [0.1, 0.15) is 23.1 Å². The molecular formula is C23H21NOS. The van der Waals surface area contributed by atoms with Gasteiger partial charge in [0.1, 0.15) is 0 Å². The summed E-state index contributed by atoms with van der Waals surface area (Å²) in [5.41, 5.74) is 3.10. The first-order valence-electron chi connectivity index (χ1n) is 8.63. The fraction of sp³-hybridized carbons (Fsp3) is 0.130. The van der Waals surface area contributed by atoms with Gasteiger partial charge in [-0.05, 0) is 23.1 Å². The van der Waals surface area contributed by atoms with Crippen LogP contribution >= 0.6 is 12.2 Å². The monoisotopic (exact) mass is 359 g/mol. The standard InChI is InChI=1S/C23H21NOS/c25-18-24-22(17-26)16-23(19-10-4-1-5-11-19,20-12-6-2-7-13-20)21-14-8-3-9-15-21/h1-15,17-18,22H,16H2,(H,24,25). The summed E-state index contributed by atoms with van der Waals surface area (Å²) in [6, 6.07) is 31.0. The van der Waals surface area contributed by atoms with E-state index in [1.165, 1.54) is 16.7 Å². The Balaban J connectivity index is 2.27. The van der Waals surface area contributed by atoms with E-state index in [4.69, 9.17) is 12.2 Å². The van der Waals surface area contributed by atoms with Crippen LogP contribution in [0.25, 0.3) is 0 Å². The molecule has 1 atom stereocenters. The largest absolute Gasteiger partial charge is 0.352 e. The maximum Gasteiger partial charge on any atom is 0.207 e. The van der Waals surface area contributed by atoms with Gasteiger partial charge in [-0.2, -0.15) is 0 Å². The molecule has 1 unspecified atom stereocenters. The van der Waals surface area contributed by atoms with E-state index >= 15 is 0 Å². The maximum atomic E-state index is 11.1. The van der Waals surface area contributed by atoms with Crippen molar-refractivity contribution in [1.82, 2.24) is 5.32 Å². The fourth-order valence-electron chi connectivity index (χ4n) is 3.59. The summed E-state index contributed by atoms with van der Waals surface area (Å²) in [7, 11) is 0. The number of thiocarbonyl (C=S) groups is 1. The van der Waals surface area contributed by atoms with E-state index < -0.39 is 5.41 Å². The third kappa shape index (κ3) is 3.58. The molecule has 0 bridgehead atoms. The van der Waals surface area contributed by atoms with E-state index in [9.17, 15) is 4.79 Å². The molecule has 3 rings (SSSR count). The minimum atomic E-state index is -0.417. The van der Waals surface area contributed by atoms with Crippen LogP contribution < -0.4 is 5.32 Å². The van der Waals surface area contributed by atoms with Crippen molar-refractivity contribution in [3.63, 3.8) is 0 Å². The number of rotatable bonds is 8. The molecule has 0 aliphatic carbocycles. The zero-order valence-electron chi connectivity index (χ0n) is 14.4. The van der Waals surface area contributed by atoms with Gasteiger partial charge in [0.15, 0.2) is 0 Å². The number of amides is 1. The molecule has 0 saturated carbocycles. The Bertz CT molecular complexity index is 737. The van der Waals surface area contributed by atoms with Crippen LogP contribution in [0.4, 0.5) is 0 Å². The van der Waals surface area contributed by atoms with Gasteiger partial charge in [0.05, 0.1) is 6.04 Å². The van der Waals surface area contributed by atoms with Crippen LogP contribution in [0.3, 0.4) is 0 Å². The molecule has 0 heterocycles. The van der Waals surface area contributed by atoms with Gasteiger partial charge in [-0.3, -0.25) is 4.79 Å². The molecule has 3 heteroatoms. The van der Waals surface area contributed by atoms with Crippen LogP contribution in [0.2, 0.25) is 0 Å². The summed E-state index contributed by atoms with van der Waals surface area (Å²) in [4.78, 5) is 11.1. The summed E-state index contributed by atoms with van der Waals surface area (Å²) in [6.07, 6.45) is 1.37. The van der Waals surface area contributed by atoms with Gasteiger partial charge in [0.2, 0.25) is 6.41 Å². The number of hydrogen-bond acceptors (Lipinski definition) is 2. The molecule has 2 nitrogen and oxygen atoms in total. The maximum absolute atomic E-state index is 11.1. The molecule has 0 saturated heterocycles. The molecular weight excluding hydrogens is 338 g/mol. The Kier molecular flexibility index (Phi) is 5.92. The third-order valence-corrected chi connectivity index (χ3v) is 5.10. The minimum Gasteiger partial charge on any atom is -0.352 e. The molecule has 26 heavy (non-hydrogen) atoms. The molecule has 1 N–H and O–H groups in total. The highest BCUT2D eigenvalue weighted by Gasteiger charge is 2.37. The van der Waals surface area contributed by atoms with Gasteiger partial charge in [0.25, 0.3) is 0 Å². The van der Waals surface area contributed by atoms with E-state index in [1.54, 1.807) is 5.37 Å². The lowest BCUT2D eigenvalue weighted by Crippen LogP contribution is -2.40. The van der Waals surface area contributed by atoms with E-state index in [0.717, 1.165) is 6.41 Å². The topological polar surface area (TPSA) is 29.1 Å². The lowest BCUT2D eigenvalue weighted by molar-refractivity contribution is -0.109. The first-order valence-corrected chi connectivity index (χ1v) is 9.10. The van der Waals surface area contributed by atoms with Gasteiger partial charge < -0.3 is 5.32 Å². The number of hydrogen-bond donors (Lipinski definition) is 1. The zero-order valence-corrected chi connectivity index (χ0v) is 15.2. The molecule has 0 spiro atoms. The van der Waals surface area contributed by atoms with E-state index in [-0.39, 0.29) is 6.04 Å². The van der Waals surface area contributed by atoms with Crippen molar-refractivity contribution in [2.45, 2.75) is 17.9 Å². The van der Waals surface area contributed by atoms with Crippen LogP contribution in [-0.2, 0) is 10.2 Å². The van der Waals surface area contributed by atoms with Crippen LogP contribution in [0.5, 0.6) is 0 Å². The number of carbonyl (C=O) groups is 1. The molecule has 3 aromatic rings. The lowest BCUT2D eigenvalue weighted by Gasteiger charge is -2.38. The predicted molar refractivity (Wildman–Crippen MR) is 110 cm³/mol. The molecule has 130 valence electrons. The average molecular weight is 359 g/mol. The van der Waals surface area contributed by atoms with Gasteiger partial charge in [-0.15, -0.1) is 0 Å². The number of benzene rings is 3. The molecule has 3 aromatic carbocycles. The van der Waals surface area contributed by atoms with Crippen molar-refractivity contribution in [2.75, 3.05) is 0 Å². The summed E-state index contributed by atoms with van der Waals surface area (Å²) >= 11 is 5.21. The quantitative estimate of drug-likeness (QED) is 0.364. The number of carbonyl (C=O) groups excluding carboxylic acids is 1. The van der Waals surface area contributed by atoms with Crippen molar-refractivity contribution >= 4 is 24.0 Å². The van der Waals surface area contributed by atoms with Crippen molar-refractivity contribution in [3.05, 3.63) is 108 Å². The molecule has 0 aromatic heterocycles. The van der Waals surface area contributed by atoms with E-state index in [2.05, 4.69) is 78.1 Å². The highest BCUT2D eigenvalue weighted by atomic mass is 32.1. The molecule has 0 radical (unpaired) electrons. The average Bonchev–Trinajstić information content (AvgIpc) is 2.73. The molecule has 0 fully saturated rings. The van der Waals surface area contributed by atoms with Crippen LogP contribution in [-0.4, -0.2) is 17.8 Å². The van der Waals surface area contributed by atoms with Gasteiger partial charge >= 0.3 is 0 Å². The van der Waals surface area contributed by atoms with Crippen LogP contribution in [0.15, 0.2) is 91.0 Å². The molecule has 0 aliphatic heterocycles.